The van der Waals surface area contributed by atoms with E-state index in [0.717, 1.165) is 11.1 Å². The molecule has 6 nitrogen and oxygen atoms in total. The van der Waals surface area contributed by atoms with Crippen LogP contribution >= 0.6 is 0 Å². The van der Waals surface area contributed by atoms with Crippen LogP contribution < -0.4 is 4.31 Å². The van der Waals surface area contributed by atoms with Crippen LogP contribution in [0.5, 0.6) is 0 Å². The van der Waals surface area contributed by atoms with Crippen LogP contribution in [-0.4, -0.2) is 20.9 Å². The van der Waals surface area contributed by atoms with Gasteiger partial charge in [-0.3, -0.25) is 4.31 Å². The van der Waals surface area contributed by atoms with Crippen molar-refractivity contribution in [3.8, 4) is 6.07 Å². The van der Waals surface area contributed by atoms with Crippen LogP contribution in [-0.2, 0) is 27.8 Å². The Hall–Kier alpha value is -3.63. The van der Waals surface area contributed by atoms with Crippen molar-refractivity contribution in [1.82, 2.24) is 0 Å². The summed E-state index contributed by atoms with van der Waals surface area (Å²) in [5.74, 6) is -0.613. The van der Waals surface area contributed by atoms with Crippen molar-refractivity contribution in [3.05, 3.63) is 95.1 Å². The molecular formula is C23H18N2O4S. The lowest BCUT2D eigenvalue weighted by atomic mass is 10.1. The number of esters is 1. The highest BCUT2D eigenvalue weighted by molar-refractivity contribution is 7.92. The lowest BCUT2D eigenvalue weighted by molar-refractivity contribution is 0.0472. The first-order chi connectivity index (χ1) is 14.5. The Kier molecular flexibility index (Phi) is 5.25. The number of para-hydroxylation sites is 1. The summed E-state index contributed by atoms with van der Waals surface area (Å²) in [6, 6.07) is 22.0. The quantitative estimate of drug-likeness (QED) is 0.590. The molecule has 3 aromatic rings. The zero-order valence-electron chi connectivity index (χ0n) is 16.0. The molecule has 7 heteroatoms. The SMILES string of the molecule is N#Cc1ccc(COC(=O)c2cccc(S(=O)(=O)N3CCc4ccccc43)c2)cc1. The van der Waals surface area contributed by atoms with E-state index in [1.54, 1.807) is 30.3 Å². The molecule has 0 radical (unpaired) electrons. The molecule has 0 atom stereocenters. The Labute approximate surface area is 175 Å². The zero-order chi connectivity index (χ0) is 21.1. The molecule has 1 aliphatic heterocycles. The minimum Gasteiger partial charge on any atom is -0.457 e. The Morgan fingerprint density at radius 3 is 2.57 bits per heavy atom. The van der Waals surface area contributed by atoms with Crippen LogP contribution in [0.25, 0.3) is 0 Å². The Morgan fingerprint density at radius 1 is 1.03 bits per heavy atom. The molecule has 0 aromatic heterocycles. The van der Waals surface area contributed by atoms with Crippen LogP contribution in [0.3, 0.4) is 0 Å². The van der Waals surface area contributed by atoms with E-state index in [4.69, 9.17) is 10.00 Å². The molecular weight excluding hydrogens is 400 g/mol. The summed E-state index contributed by atoms with van der Waals surface area (Å²) in [4.78, 5) is 12.5. The first-order valence-electron chi connectivity index (χ1n) is 9.36. The molecule has 0 amide bonds. The number of carbonyl (C=O) groups is 1. The van der Waals surface area contributed by atoms with Crippen molar-refractivity contribution in [3.63, 3.8) is 0 Å². The van der Waals surface area contributed by atoms with E-state index in [1.165, 1.54) is 28.6 Å². The fourth-order valence-corrected chi connectivity index (χ4v) is 4.93. The highest BCUT2D eigenvalue weighted by Gasteiger charge is 2.31. The number of nitriles is 1. The van der Waals surface area contributed by atoms with Gasteiger partial charge in [0, 0.05) is 6.54 Å². The van der Waals surface area contributed by atoms with Gasteiger partial charge in [0.25, 0.3) is 10.0 Å². The molecule has 0 unspecified atom stereocenters. The van der Waals surface area contributed by atoms with Crippen LogP contribution in [0, 0.1) is 11.3 Å². The lowest BCUT2D eigenvalue weighted by Gasteiger charge is -2.19. The normalized spacial score (nSPS) is 12.8. The number of hydrogen-bond acceptors (Lipinski definition) is 5. The molecule has 4 rings (SSSR count). The number of rotatable bonds is 5. The third kappa shape index (κ3) is 3.78. The molecule has 0 saturated carbocycles. The largest absolute Gasteiger partial charge is 0.457 e. The van der Waals surface area contributed by atoms with E-state index in [-0.39, 0.29) is 17.1 Å². The van der Waals surface area contributed by atoms with Gasteiger partial charge < -0.3 is 4.74 Å². The Bertz CT molecular complexity index is 1240. The standard InChI is InChI=1S/C23H18N2O4S/c24-15-17-8-10-18(11-9-17)16-29-23(26)20-5-3-6-21(14-20)30(27,28)25-13-12-19-4-1-2-7-22(19)25/h1-11,14H,12-13,16H2. The van der Waals surface area contributed by atoms with Gasteiger partial charge in [-0.25, -0.2) is 13.2 Å². The highest BCUT2D eigenvalue weighted by atomic mass is 32.2. The van der Waals surface area contributed by atoms with Crippen molar-refractivity contribution < 1.29 is 17.9 Å². The number of fused-ring (bicyclic) bond motifs is 1. The van der Waals surface area contributed by atoms with Crippen molar-refractivity contribution in [1.29, 1.82) is 5.26 Å². The molecule has 0 N–H and O–H groups in total. The fourth-order valence-electron chi connectivity index (χ4n) is 3.38. The Morgan fingerprint density at radius 2 is 1.80 bits per heavy atom. The average Bonchev–Trinajstić information content (AvgIpc) is 3.23. The van der Waals surface area contributed by atoms with Gasteiger partial charge in [-0.2, -0.15) is 5.26 Å². The second kappa shape index (κ2) is 8.01. The summed E-state index contributed by atoms with van der Waals surface area (Å²) in [5, 5.41) is 8.83. The Balaban J connectivity index is 1.52. The van der Waals surface area contributed by atoms with Crippen LogP contribution in [0.15, 0.2) is 77.7 Å². The third-order valence-electron chi connectivity index (χ3n) is 4.96. The number of sulfonamides is 1. The third-order valence-corrected chi connectivity index (χ3v) is 6.76. The predicted molar refractivity (Wildman–Crippen MR) is 111 cm³/mol. The molecule has 0 aliphatic carbocycles. The first kappa shape index (κ1) is 19.7. The van der Waals surface area contributed by atoms with E-state index in [2.05, 4.69) is 0 Å². The summed E-state index contributed by atoms with van der Waals surface area (Å²) in [5.41, 5.74) is 3.08. The number of anilines is 1. The summed E-state index contributed by atoms with van der Waals surface area (Å²) in [6.45, 7) is 0.399. The van der Waals surface area contributed by atoms with Gasteiger partial charge >= 0.3 is 5.97 Å². The van der Waals surface area contributed by atoms with Crippen LogP contribution in [0.1, 0.15) is 27.0 Å². The number of nitrogens with zero attached hydrogens (tertiary/aromatic N) is 2. The van der Waals surface area contributed by atoms with E-state index >= 15 is 0 Å². The monoisotopic (exact) mass is 418 g/mol. The molecule has 0 bridgehead atoms. The highest BCUT2D eigenvalue weighted by Crippen LogP contribution is 2.32. The number of carbonyl (C=O) groups excluding carboxylic acids is 1. The topological polar surface area (TPSA) is 87.5 Å². The summed E-state index contributed by atoms with van der Waals surface area (Å²) >= 11 is 0. The van der Waals surface area contributed by atoms with Gasteiger partial charge in [-0.1, -0.05) is 36.4 Å². The van der Waals surface area contributed by atoms with Crippen molar-refractivity contribution >= 4 is 21.7 Å². The minimum absolute atomic E-state index is 0.0288. The molecule has 1 heterocycles. The lowest BCUT2D eigenvalue weighted by Crippen LogP contribution is -2.29. The average molecular weight is 418 g/mol. The maximum Gasteiger partial charge on any atom is 0.338 e. The molecule has 0 spiro atoms. The van der Waals surface area contributed by atoms with Gasteiger partial charge in [0.15, 0.2) is 0 Å². The van der Waals surface area contributed by atoms with Crippen molar-refractivity contribution in [2.45, 2.75) is 17.9 Å². The van der Waals surface area contributed by atoms with Crippen LogP contribution in [0.4, 0.5) is 5.69 Å². The summed E-state index contributed by atoms with van der Waals surface area (Å²) < 4.78 is 33.0. The fraction of sp³-hybridized carbons (Fsp3) is 0.130. The van der Waals surface area contributed by atoms with E-state index in [1.807, 2.05) is 24.3 Å². The van der Waals surface area contributed by atoms with Gasteiger partial charge in [0.2, 0.25) is 0 Å². The second-order valence-electron chi connectivity index (χ2n) is 6.87. The smallest absolute Gasteiger partial charge is 0.338 e. The first-order valence-corrected chi connectivity index (χ1v) is 10.8. The molecule has 1 aliphatic rings. The number of benzene rings is 3. The number of hydrogen-bond donors (Lipinski definition) is 0. The number of ether oxygens (including phenoxy) is 1. The molecule has 150 valence electrons. The summed E-state index contributed by atoms with van der Waals surface area (Å²) in [6.07, 6.45) is 0.654. The van der Waals surface area contributed by atoms with Crippen LogP contribution in [0.2, 0.25) is 0 Å². The second-order valence-corrected chi connectivity index (χ2v) is 8.73. The molecule has 3 aromatic carbocycles. The molecule has 0 saturated heterocycles. The van der Waals surface area contributed by atoms with E-state index in [9.17, 15) is 13.2 Å². The maximum atomic E-state index is 13.2. The van der Waals surface area contributed by atoms with Gasteiger partial charge in [0.1, 0.15) is 6.61 Å². The van der Waals surface area contributed by atoms with Gasteiger partial charge in [-0.15, -0.1) is 0 Å². The van der Waals surface area contributed by atoms with E-state index < -0.39 is 16.0 Å². The molecule has 30 heavy (non-hydrogen) atoms. The minimum atomic E-state index is -3.79. The molecule has 0 fully saturated rings. The predicted octanol–water partition coefficient (Wildman–Crippen LogP) is 3.67. The van der Waals surface area contributed by atoms with Gasteiger partial charge in [0.05, 0.1) is 27.8 Å². The van der Waals surface area contributed by atoms with E-state index in [0.29, 0.717) is 24.2 Å². The van der Waals surface area contributed by atoms with Crippen molar-refractivity contribution in [2.75, 3.05) is 10.8 Å². The van der Waals surface area contributed by atoms with Gasteiger partial charge in [-0.05, 0) is 53.9 Å². The van der Waals surface area contributed by atoms with Crippen molar-refractivity contribution in [2.24, 2.45) is 0 Å². The maximum absolute atomic E-state index is 13.2. The summed E-state index contributed by atoms with van der Waals surface area (Å²) in [7, 11) is -3.79. The zero-order valence-corrected chi connectivity index (χ0v) is 16.8.